The van der Waals surface area contributed by atoms with E-state index in [1.165, 1.54) is 0 Å². The first-order chi connectivity index (χ1) is 11.1. The Morgan fingerprint density at radius 2 is 1.61 bits per heavy atom. The van der Waals surface area contributed by atoms with Gasteiger partial charge in [-0.15, -0.1) is 0 Å². The fourth-order valence-electron chi connectivity index (χ4n) is 2.35. The third-order valence-corrected chi connectivity index (χ3v) is 4.05. The first-order valence-corrected chi connectivity index (χ1v) is 7.67. The molecule has 0 radical (unpaired) electrons. The molecule has 0 amide bonds. The lowest BCUT2D eigenvalue weighted by Gasteiger charge is -2.08. The molecule has 3 N–H and O–H groups in total. The molecule has 5 heteroatoms. The number of nitrogens with zero attached hydrogens (tertiary/aromatic N) is 1. The predicted octanol–water partition coefficient (Wildman–Crippen LogP) is 3.93. The molecule has 0 aliphatic rings. The maximum atomic E-state index is 12.3. The van der Waals surface area contributed by atoms with Gasteiger partial charge < -0.3 is 10.7 Å². The number of anilines is 1. The number of hydrogen-bond acceptors (Lipinski definition) is 3. The van der Waals surface area contributed by atoms with Crippen LogP contribution in [0.5, 0.6) is 0 Å². The minimum absolute atomic E-state index is 0.103. The van der Waals surface area contributed by atoms with Crippen LogP contribution in [0.2, 0.25) is 0 Å². The zero-order valence-electron chi connectivity index (χ0n) is 12.0. The lowest BCUT2D eigenvalue weighted by molar-refractivity contribution is 1.22. The average molecular weight is 366 g/mol. The molecule has 2 aromatic carbocycles. The molecule has 1 aromatic heterocycles. The standard InChI is InChI=1S/C18H12BrN3O/c19-13-5-1-11(2-6-13)15-9-17(22-18(23)16(15)10-20)12-3-7-14(21)8-4-12/h1-9H,21H2,(H,22,23). The molecule has 1 heterocycles. The van der Waals surface area contributed by atoms with E-state index < -0.39 is 5.56 Å². The highest BCUT2D eigenvalue weighted by Gasteiger charge is 2.12. The van der Waals surface area contributed by atoms with Gasteiger partial charge in [-0.25, -0.2) is 0 Å². The van der Waals surface area contributed by atoms with Crippen molar-refractivity contribution in [3.05, 3.63) is 75.0 Å². The van der Waals surface area contributed by atoms with E-state index >= 15 is 0 Å². The van der Waals surface area contributed by atoms with Gasteiger partial charge in [0.25, 0.3) is 5.56 Å². The zero-order chi connectivity index (χ0) is 16.4. The van der Waals surface area contributed by atoms with Crippen molar-refractivity contribution in [1.82, 2.24) is 4.98 Å². The van der Waals surface area contributed by atoms with E-state index in [1.807, 2.05) is 48.5 Å². The number of H-pyrrole nitrogens is 1. The molecule has 0 saturated carbocycles. The molecule has 23 heavy (non-hydrogen) atoms. The molecule has 0 saturated heterocycles. The van der Waals surface area contributed by atoms with Gasteiger partial charge in [0.1, 0.15) is 11.6 Å². The maximum Gasteiger partial charge on any atom is 0.266 e. The van der Waals surface area contributed by atoms with Crippen LogP contribution in [-0.2, 0) is 0 Å². The molecule has 0 spiro atoms. The van der Waals surface area contributed by atoms with Crippen molar-refractivity contribution >= 4 is 21.6 Å². The normalized spacial score (nSPS) is 10.3. The Morgan fingerprint density at radius 1 is 1.00 bits per heavy atom. The number of nitriles is 1. The molecule has 0 aliphatic heterocycles. The summed E-state index contributed by atoms with van der Waals surface area (Å²) < 4.78 is 0.934. The van der Waals surface area contributed by atoms with E-state index in [4.69, 9.17) is 5.73 Å². The molecule has 0 aliphatic carbocycles. The quantitative estimate of drug-likeness (QED) is 0.675. The molecule has 4 nitrogen and oxygen atoms in total. The van der Waals surface area contributed by atoms with E-state index in [0.29, 0.717) is 16.9 Å². The Morgan fingerprint density at radius 3 is 2.22 bits per heavy atom. The number of nitrogens with one attached hydrogen (secondary N) is 1. The van der Waals surface area contributed by atoms with Crippen molar-refractivity contribution in [3.63, 3.8) is 0 Å². The van der Waals surface area contributed by atoms with E-state index in [9.17, 15) is 10.1 Å². The molecule has 0 bridgehead atoms. The second-order valence-electron chi connectivity index (χ2n) is 5.04. The molecule has 3 aromatic rings. The van der Waals surface area contributed by atoms with Gasteiger partial charge >= 0.3 is 0 Å². The topological polar surface area (TPSA) is 82.7 Å². The van der Waals surface area contributed by atoms with E-state index in [0.717, 1.165) is 15.6 Å². The van der Waals surface area contributed by atoms with Gasteiger partial charge in [0.15, 0.2) is 0 Å². The molecule has 0 fully saturated rings. The van der Waals surface area contributed by atoms with Crippen molar-refractivity contribution in [3.8, 4) is 28.5 Å². The van der Waals surface area contributed by atoms with Crippen LogP contribution in [0, 0.1) is 11.3 Å². The number of aromatic amines is 1. The highest BCUT2D eigenvalue weighted by Crippen LogP contribution is 2.27. The van der Waals surface area contributed by atoms with Gasteiger partial charge in [-0.2, -0.15) is 5.26 Å². The Labute approximate surface area is 141 Å². The summed E-state index contributed by atoms with van der Waals surface area (Å²) in [5.41, 5.74) is 8.94. The van der Waals surface area contributed by atoms with Crippen LogP contribution in [0.4, 0.5) is 5.69 Å². The smallest absolute Gasteiger partial charge is 0.266 e. The number of halogens is 1. The summed E-state index contributed by atoms with van der Waals surface area (Å²) in [6, 6.07) is 18.5. The third kappa shape index (κ3) is 3.03. The number of benzene rings is 2. The summed E-state index contributed by atoms with van der Waals surface area (Å²) in [6.45, 7) is 0. The highest BCUT2D eigenvalue weighted by molar-refractivity contribution is 9.10. The third-order valence-electron chi connectivity index (χ3n) is 3.52. The number of aromatic nitrogens is 1. The lowest BCUT2D eigenvalue weighted by Crippen LogP contribution is -2.12. The first-order valence-electron chi connectivity index (χ1n) is 6.88. The highest BCUT2D eigenvalue weighted by atomic mass is 79.9. The fourth-order valence-corrected chi connectivity index (χ4v) is 2.61. The minimum atomic E-state index is -0.403. The van der Waals surface area contributed by atoms with Crippen LogP contribution in [0.25, 0.3) is 22.4 Å². The summed E-state index contributed by atoms with van der Waals surface area (Å²) in [5, 5.41) is 9.32. The summed E-state index contributed by atoms with van der Waals surface area (Å²) in [7, 11) is 0. The summed E-state index contributed by atoms with van der Waals surface area (Å²) >= 11 is 3.38. The molecule has 3 rings (SSSR count). The van der Waals surface area contributed by atoms with Crippen molar-refractivity contribution in [2.45, 2.75) is 0 Å². The fraction of sp³-hybridized carbons (Fsp3) is 0. The van der Waals surface area contributed by atoms with Crippen LogP contribution in [-0.4, -0.2) is 4.98 Å². The largest absolute Gasteiger partial charge is 0.399 e. The SMILES string of the molecule is N#Cc1c(-c2ccc(Br)cc2)cc(-c2ccc(N)cc2)[nH]c1=O. The second kappa shape index (κ2) is 6.11. The number of nitrogen functional groups attached to an aromatic ring is 1. The van der Waals surface area contributed by atoms with E-state index in [-0.39, 0.29) is 5.56 Å². The summed E-state index contributed by atoms with van der Waals surface area (Å²) in [4.78, 5) is 15.0. The number of hydrogen-bond donors (Lipinski definition) is 2. The molecular formula is C18H12BrN3O. The van der Waals surface area contributed by atoms with Crippen molar-refractivity contribution in [2.75, 3.05) is 5.73 Å². The number of nitrogens with two attached hydrogens (primary N) is 1. The van der Waals surface area contributed by atoms with E-state index in [2.05, 4.69) is 20.9 Å². The van der Waals surface area contributed by atoms with Gasteiger partial charge in [-0.05, 0) is 41.5 Å². The summed E-state index contributed by atoms with van der Waals surface area (Å²) in [6.07, 6.45) is 0. The predicted molar refractivity (Wildman–Crippen MR) is 94.8 cm³/mol. The number of rotatable bonds is 2. The molecule has 0 atom stereocenters. The van der Waals surface area contributed by atoms with Gasteiger partial charge in [-0.1, -0.05) is 40.2 Å². The Hall–Kier alpha value is -2.84. The van der Waals surface area contributed by atoms with Gasteiger partial charge in [0.05, 0.1) is 0 Å². The first kappa shape index (κ1) is 15.1. The van der Waals surface area contributed by atoms with Crippen LogP contribution in [0.15, 0.2) is 63.9 Å². The van der Waals surface area contributed by atoms with E-state index in [1.54, 1.807) is 12.1 Å². The maximum absolute atomic E-state index is 12.3. The minimum Gasteiger partial charge on any atom is -0.399 e. The monoisotopic (exact) mass is 365 g/mol. The Kier molecular flexibility index (Phi) is 4.00. The van der Waals surface area contributed by atoms with Gasteiger partial charge in [0, 0.05) is 21.4 Å². The van der Waals surface area contributed by atoms with Crippen molar-refractivity contribution in [1.29, 1.82) is 5.26 Å². The van der Waals surface area contributed by atoms with Crippen molar-refractivity contribution < 1.29 is 0 Å². The second-order valence-corrected chi connectivity index (χ2v) is 5.96. The molecule has 0 unspecified atom stereocenters. The Balaban J connectivity index is 2.22. The van der Waals surface area contributed by atoms with Crippen LogP contribution < -0.4 is 11.3 Å². The van der Waals surface area contributed by atoms with Crippen LogP contribution >= 0.6 is 15.9 Å². The van der Waals surface area contributed by atoms with Crippen LogP contribution in [0.1, 0.15) is 5.56 Å². The molecular weight excluding hydrogens is 354 g/mol. The van der Waals surface area contributed by atoms with Crippen LogP contribution in [0.3, 0.4) is 0 Å². The summed E-state index contributed by atoms with van der Waals surface area (Å²) in [5.74, 6) is 0. The Bertz CT molecular complexity index is 952. The lowest BCUT2D eigenvalue weighted by atomic mass is 9.99. The average Bonchev–Trinajstić information content (AvgIpc) is 2.55. The van der Waals surface area contributed by atoms with Gasteiger partial charge in [-0.3, -0.25) is 4.79 Å². The zero-order valence-corrected chi connectivity index (χ0v) is 13.6. The molecule has 112 valence electrons. The number of pyridine rings is 1. The van der Waals surface area contributed by atoms with Crippen molar-refractivity contribution in [2.24, 2.45) is 0 Å². The van der Waals surface area contributed by atoms with Gasteiger partial charge in [0.2, 0.25) is 0 Å².